The van der Waals surface area contributed by atoms with Gasteiger partial charge in [0.1, 0.15) is 0 Å². The molecule has 0 spiro atoms. The Kier molecular flexibility index (Phi) is 9.94. The van der Waals surface area contributed by atoms with E-state index in [9.17, 15) is 0 Å². The van der Waals surface area contributed by atoms with Crippen LogP contribution in [0.4, 0.5) is 0 Å². The highest BCUT2D eigenvalue weighted by Crippen LogP contribution is 2.11. The highest BCUT2D eigenvalue weighted by molar-refractivity contribution is 4.57. The van der Waals surface area contributed by atoms with Crippen LogP contribution in [0.1, 0.15) is 64.7 Å². The number of hydrogen-bond donors (Lipinski definition) is 2. The number of aliphatic hydroxyl groups is 2. The van der Waals surface area contributed by atoms with E-state index in [-0.39, 0.29) is 0 Å². The Bertz CT molecular complexity index is 92.1. The second-order valence-corrected chi connectivity index (χ2v) is 3.64. The maximum atomic E-state index is 8.50. The molecular formula is C11H23O2. The minimum atomic E-state index is -0.411. The maximum Gasteiger partial charge on any atom is 0.218 e. The molecule has 0 atom stereocenters. The van der Waals surface area contributed by atoms with Crippen molar-refractivity contribution in [1.82, 2.24) is 0 Å². The van der Waals surface area contributed by atoms with E-state index in [1.165, 1.54) is 38.5 Å². The molecule has 0 aliphatic carbocycles. The van der Waals surface area contributed by atoms with E-state index in [4.69, 9.17) is 10.2 Å². The van der Waals surface area contributed by atoms with Crippen molar-refractivity contribution in [1.29, 1.82) is 0 Å². The molecule has 0 saturated heterocycles. The summed E-state index contributed by atoms with van der Waals surface area (Å²) >= 11 is 0. The van der Waals surface area contributed by atoms with Crippen LogP contribution in [0.15, 0.2) is 0 Å². The lowest BCUT2D eigenvalue weighted by Gasteiger charge is -2.02. The largest absolute Gasteiger partial charge is 0.361 e. The summed E-state index contributed by atoms with van der Waals surface area (Å²) in [5.41, 5.74) is 0. The van der Waals surface area contributed by atoms with Gasteiger partial charge in [-0.05, 0) is 6.42 Å². The molecule has 0 heterocycles. The summed E-state index contributed by atoms with van der Waals surface area (Å²) in [6.45, 7) is 2.22. The van der Waals surface area contributed by atoms with Crippen molar-refractivity contribution in [2.24, 2.45) is 0 Å². The fourth-order valence-electron chi connectivity index (χ4n) is 1.42. The molecule has 0 aromatic heterocycles. The van der Waals surface area contributed by atoms with E-state index in [2.05, 4.69) is 6.92 Å². The fraction of sp³-hybridized carbons (Fsp3) is 0.909. The second kappa shape index (κ2) is 10.0. The molecular weight excluding hydrogens is 164 g/mol. The quantitative estimate of drug-likeness (QED) is 0.540. The molecule has 0 unspecified atom stereocenters. The lowest BCUT2D eigenvalue weighted by atomic mass is 10.1. The highest BCUT2D eigenvalue weighted by atomic mass is 16.5. The van der Waals surface area contributed by atoms with Crippen molar-refractivity contribution in [3.63, 3.8) is 0 Å². The minimum Gasteiger partial charge on any atom is -0.361 e. The summed E-state index contributed by atoms with van der Waals surface area (Å²) < 4.78 is 0. The van der Waals surface area contributed by atoms with E-state index in [0.29, 0.717) is 6.42 Å². The van der Waals surface area contributed by atoms with Gasteiger partial charge in [0.05, 0.1) is 0 Å². The number of hydrogen-bond acceptors (Lipinski definition) is 2. The molecule has 2 heteroatoms. The summed E-state index contributed by atoms with van der Waals surface area (Å²) in [6, 6.07) is 0. The first-order valence-electron chi connectivity index (χ1n) is 5.51. The average molecular weight is 187 g/mol. The van der Waals surface area contributed by atoms with Gasteiger partial charge in [-0.3, -0.25) is 0 Å². The molecule has 0 aliphatic rings. The molecule has 0 fully saturated rings. The number of aliphatic hydroxyl groups excluding tert-OH is 1. The van der Waals surface area contributed by atoms with Gasteiger partial charge in [-0.25, -0.2) is 0 Å². The van der Waals surface area contributed by atoms with Gasteiger partial charge in [-0.2, -0.15) is 0 Å². The molecule has 0 bridgehead atoms. The lowest BCUT2D eigenvalue weighted by molar-refractivity contribution is 0.0704. The molecule has 2 nitrogen and oxygen atoms in total. The first-order chi connectivity index (χ1) is 6.27. The third-order valence-corrected chi connectivity index (χ3v) is 2.25. The third kappa shape index (κ3) is 11.9. The van der Waals surface area contributed by atoms with Gasteiger partial charge < -0.3 is 10.2 Å². The minimum absolute atomic E-state index is 0.411. The molecule has 2 N–H and O–H groups in total. The average Bonchev–Trinajstić information content (AvgIpc) is 2.09. The van der Waals surface area contributed by atoms with Crippen LogP contribution in [0.25, 0.3) is 0 Å². The Labute approximate surface area is 82.0 Å². The molecule has 0 aromatic carbocycles. The third-order valence-electron chi connectivity index (χ3n) is 2.25. The van der Waals surface area contributed by atoms with Gasteiger partial charge >= 0.3 is 0 Å². The van der Waals surface area contributed by atoms with Crippen LogP contribution in [0.5, 0.6) is 0 Å². The predicted molar refractivity (Wildman–Crippen MR) is 54.3 cm³/mol. The standard InChI is InChI=1S/C11H23O2/c1-2-3-4-5-6-7-8-9-10-11(12)13/h12-13H,2-10H2,1H3. The van der Waals surface area contributed by atoms with E-state index >= 15 is 0 Å². The Morgan fingerprint density at radius 1 is 0.769 bits per heavy atom. The van der Waals surface area contributed by atoms with Crippen LogP contribution >= 0.6 is 0 Å². The van der Waals surface area contributed by atoms with Crippen LogP contribution in [0.2, 0.25) is 0 Å². The highest BCUT2D eigenvalue weighted by Gasteiger charge is 1.98. The normalized spacial score (nSPS) is 11.1. The molecule has 0 amide bonds. The molecule has 0 aromatic rings. The second-order valence-electron chi connectivity index (χ2n) is 3.64. The zero-order valence-corrected chi connectivity index (χ0v) is 8.76. The van der Waals surface area contributed by atoms with E-state index < -0.39 is 6.29 Å². The first kappa shape index (κ1) is 12.9. The Balaban J connectivity index is 2.84. The molecule has 1 radical (unpaired) electrons. The molecule has 79 valence electrons. The Hall–Kier alpha value is -0.0800. The summed E-state index contributed by atoms with van der Waals surface area (Å²) in [7, 11) is 0. The molecule has 0 aliphatic heterocycles. The van der Waals surface area contributed by atoms with Gasteiger partial charge in [0.2, 0.25) is 6.29 Å². The lowest BCUT2D eigenvalue weighted by Crippen LogP contribution is -1.92. The summed E-state index contributed by atoms with van der Waals surface area (Å²) in [5, 5.41) is 17.0. The van der Waals surface area contributed by atoms with Crippen molar-refractivity contribution in [2.45, 2.75) is 64.7 Å². The van der Waals surface area contributed by atoms with Gasteiger partial charge in [0.25, 0.3) is 0 Å². The van der Waals surface area contributed by atoms with E-state index in [1.807, 2.05) is 0 Å². The van der Waals surface area contributed by atoms with Crippen molar-refractivity contribution >= 4 is 0 Å². The van der Waals surface area contributed by atoms with Gasteiger partial charge in [-0.15, -0.1) is 0 Å². The van der Waals surface area contributed by atoms with Crippen molar-refractivity contribution in [2.75, 3.05) is 0 Å². The molecule has 0 saturated carbocycles. The maximum absolute atomic E-state index is 8.50. The monoisotopic (exact) mass is 187 g/mol. The van der Waals surface area contributed by atoms with Crippen LogP contribution in [-0.2, 0) is 0 Å². The van der Waals surface area contributed by atoms with Gasteiger partial charge in [0, 0.05) is 6.42 Å². The van der Waals surface area contributed by atoms with Crippen LogP contribution in [-0.4, -0.2) is 10.2 Å². The Morgan fingerprint density at radius 2 is 1.23 bits per heavy atom. The predicted octanol–water partition coefficient (Wildman–Crippen LogP) is 3.75. The SMILES string of the molecule is CCCCCCCCCC[C](O)O. The van der Waals surface area contributed by atoms with Crippen molar-refractivity contribution in [3.05, 3.63) is 6.29 Å². The smallest absolute Gasteiger partial charge is 0.218 e. The zero-order valence-electron chi connectivity index (χ0n) is 8.76. The number of rotatable bonds is 9. The van der Waals surface area contributed by atoms with Crippen LogP contribution in [0, 0.1) is 6.29 Å². The summed E-state index contributed by atoms with van der Waals surface area (Å²) in [6.07, 6.45) is 9.95. The molecule has 13 heavy (non-hydrogen) atoms. The summed E-state index contributed by atoms with van der Waals surface area (Å²) in [4.78, 5) is 0. The van der Waals surface area contributed by atoms with Crippen LogP contribution in [0.3, 0.4) is 0 Å². The zero-order chi connectivity index (χ0) is 9.94. The summed E-state index contributed by atoms with van der Waals surface area (Å²) in [5.74, 6) is 0. The van der Waals surface area contributed by atoms with Crippen molar-refractivity contribution < 1.29 is 10.2 Å². The van der Waals surface area contributed by atoms with E-state index in [0.717, 1.165) is 12.8 Å². The van der Waals surface area contributed by atoms with Crippen molar-refractivity contribution in [3.8, 4) is 0 Å². The van der Waals surface area contributed by atoms with Crippen LogP contribution < -0.4 is 0 Å². The topological polar surface area (TPSA) is 40.5 Å². The van der Waals surface area contributed by atoms with E-state index in [1.54, 1.807) is 0 Å². The number of unbranched alkanes of at least 4 members (excludes halogenated alkanes) is 7. The van der Waals surface area contributed by atoms with Gasteiger partial charge in [0.15, 0.2) is 0 Å². The van der Waals surface area contributed by atoms with Gasteiger partial charge in [-0.1, -0.05) is 51.9 Å². The fourth-order valence-corrected chi connectivity index (χ4v) is 1.42. The first-order valence-corrected chi connectivity index (χ1v) is 5.51. The molecule has 0 rings (SSSR count). The Morgan fingerprint density at radius 3 is 1.69 bits per heavy atom.